The van der Waals surface area contributed by atoms with E-state index in [9.17, 15) is 4.79 Å². The van der Waals surface area contributed by atoms with Crippen molar-refractivity contribution in [3.05, 3.63) is 42.0 Å². The van der Waals surface area contributed by atoms with Gasteiger partial charge in [0.05, 0.1) is 0 Å². The van der Waals surface area contributed by atoms with Crippen molar-refractivity contribution in [1.82, 2.24) is 0 Å². The van der Waals surface area contributed by atoms with Crippen LogP contribution < -0.4 is 0 Å². The largest absolute Gasteiger partial charge is 0.513 e. The minimum atomic E-state index is -0.886. The third-order valence-corrected chi connectivity index (χ3v) is 1.50. The molecule has 0 saturated carbocycles. The van der Waals surface area contributed by atoms with E-state index >= 15 is 0 Å². The molecule has 0 saturated heterocycles. The van der Waals surface area contributed by atoms with Crippen LogP contribution in [0.15, 0.2) is 36.4 Å². The molecule has 2 radical (unpaired) electrons. The van der Waals surface area contributed by atoms with E-state index in [1.165, 1.54) is 0 Å². The summed E-state index contributed by atoms with van der Waals surface area (Å²) in [7, 11) is 4.57. The molecule has 0 spiro atoms. The van der Waals surface area contributed by atoms with Crippen LogP contribution in [0, 0.1) is 0 Å². The lowest BCUT2D eigenvalue weighted by Crippen LogP contribution is -2.04. The van der Waals surface area contributed by atoms with Crippen LogP contribution in [0.1, 0.15) is 5.56 Å². The molecule has 4 heteroatoms. The van der Waals surface area contributed by atoms with Gasteiger partial charge in [-0.1, -0.05) is 36.4 Å². The van der Waals surface area contributed by atoms with E-state index in [-0.39, 0.29) is 6.61 Å². The van der Waals surface area contributed by atoms with Crippen molar-refractivity contribution < 1.29 is 14.2 Å². The molecule has 0 aliphatic heterocycles. The molecule has 0 aliphatic rings. The predicted octanol–water partition coefficient (Wildman–Crippen LogP) is 1.94. The first-order valence-electron chi connectivity index (χ1n) is 4.08. The molecule has 0 bridgehead atoms. The molecule has 0 amide bonds. The third-order valence-electron chi connectivity index (χ3n) is 1.50. The fourth-order valence-electron chi connectivity index (χ4n) is 0.899. The number of benzene rings is 1. The third kappa shape index (κ3) is 3.80. The van der Waals surface area contributed by atoms with E-state index in [0.717, 1.165) is 5.56 Å². The van der Waals surface area contributed by atoms with Gasteiger partial charge in [0.25, 0.3) is 0 Å². The Bertz CT molecular complexity index is 308. The van der Waals surface area contributed by atoms with Crippen LogP contribution in [-0.4, -0.2) is 20.8 Å². The zero-order valence-corrected chi connectivity index (χ0v) is 7.55. The molecule has 0 aromatic heterocycles. The predicted molar refractivity (Wildman–Crippen MR) is 53.7 cm³/mol. The number of carbonyl (C=O) groups is 1. The standard InChI is InChI=1S/C10H9BO3/c11-14-10(12)13-8-4-7-9-5-2-1-3-6-9/h1-7H,8H2. The van der Waals surface area contributed by atoms with Gasteiger partial charge in [0, 0.05) is 0 Å². The Labute approximate surface area is 83.8 Å². The quantitative estimate of drug-likeness (QED) is 0.537. The van der Waals surface area contributed by atoms with Gasteiger partial charge in [-0.25, -0.2) is 4.79 Å². The first kappa shape index (κ1) is 10.4. The summed E-state index contributed by atoms with van der Waals surface area (Å²) in [6, 6.07) is 9.67. The second-order valence-corrected chi connectivity index (χ2v) is 2.49. The molecule has 0 heterocycles. The summed E-state index contributed by atoms with van der Waals surface area (Å²) in [5, 5.41) is 0. The Morgan fingerprint density at radius 2 is 2.07 bits per heavy atom. The molecular formula is C10H9BO3. The minimum Gasteiger partial charge on any atom is -0.513 e. The van der Waals surface area contributed by atoms with E-state index in [0.29, 0.717) is 0 Å². The topological polar surface area (TPSA) is 35.5 Å². The van der Waals surface area contributed by atoms with Crippen LogP contribution in [0.3, 0.4) is 0 Å². The van der Waals surface area contributed by atoms with Gasteiger partial charge in [-0.3, -0.25) is 0 Å². The highest BCUT2D eigenvalue weighted by atomic mass is 16.7. The monoisotopic (exact) mass is 188 g/mol. The van der Waals surface area contributed by atoms with E-state index in [2.05, 4.69) is 17.4 Å². The summed E-state index contributed by atoms with van der Waals surface area (Å²) in [4.78, 5) is 10.4. The molecule has 1 aromatic rings. The molecule has 1 rings (SSSR count). The maximum Gasteiger partial charge on any atom is 0.489 e. The normalized spacial score (nSPS) is 10.0. The Kier molecular flexibility index (Phi) is 4.34. The first-order valence-corrected chi connectivity index (χ1v) is 4.08. The minimum absolute atomic E-state index is 0.144. The van der Waals surface area contributed by atoms with Crippen molar-refractivity contribution in [1.29, 1.82) is 0 Å². The summed E-state index contributed by atoms with van der Waals surface area (Å²) in [6.45, 7) is 0.144. The molecule has 0 N–H and O–H groups in total. The smallest absolute Gasteiger partial charge is 0.489 e. The molecule has 70 valence electrons. The number of ether oxygens (including phenoxy) is 1. The number of hydrogen-bond acceptors (Lipinski definition) is 3. The number of rotatable bonds is 3. The molecule has 0 fully saturated rings. The van der Waals surface area contributed by atoms with E-state index in [1.807, 2.05) is 36.4 Å². The van der Waals surface area contributed by atoms with Crippen LogP contribution in [0.5, 0.6) is 0 Å². The van der Waals surface area contributed by atoms with Gasteiger partial charge in [0.2, 0.25) is 0 Å². The second kappa shape index (κ2) is 5.86. The van der Waals surface area contributed by atoms with Gasteiger partial charge >= 0.3 is 14.2 Å². The van der Waals surface area contributed by atoms with Crippen molar-refractivity contribution in [2.24, 2.45) is 0 Å². The van der Waals surface area contributed by atoms with Crippen LogP contribution in [-0.2, 0) is 9.39 Å². The zero-order chi connectivity index (χ0) is 10.2. The summed E-state index contributed by atoms with van der Waals surface area (Å²) >= 11 is 0. The maximum atomic E-state index is 10.4. The van der Waals surface area contributed by atoms with E-state index in [4.69, 9.17) is 0 Å². The average Bonchev–Trinajstić information content (AvgIpc) is 2.25. The van der Waals surface area contributed by atoms with Gasteiger partial charge in [-0.05, 0) is 11.6 Å². The Morgan fingerprint density at radius 1 is 1.36 bits per heavy atom. The SMILES string of the molecule is [B]OC(=O)OCC=Cc1ccccc1. The summed E-state index contributed by atoms with van der Waals surface area (Å²) in [6.07, 6.45) is 2.65. The van der Waals surface area contributed by atoms with Crippen molar-refractivity contribution >= 4 is 20.3 Å². The van der Waals surface area contributed by atoms with Crippen molar-refractivity contribution in [2.45, 2.75) is 0 Å². The van der Waals surface area contributed by atoms with E-state index in [1.54, 1.807) is 6.08 Å². The summed E-state index contributed by atoms with van der Waals surface area (Å²) < 4.78 is 8.35. The fraction of sp³-hybridized carbons (Fsp3) is 0.100. The molecular weight excluding hydrogens is 179 g/mol. The van der Waals surface area contributed by atoms with Crippen molar-refractivity contribution in [2.75, 3.05) is 6.61 Å². The van der Waals surface area contributed by atoms with Crippen LogP contribution in [0.4, 0.5) is 4.79 Å². The second-order valence-electron chi connectivity index (χ2n) is 2.49. The summed E-state index contributed by atoms with van der Waals surface area (Å²) in [5.41, 5.74) is 1.04. The molecule has 14 heavy (non-hydrogen) atoms. The summed E-state index contributed by atoms with van der Waals surface area (Å²) in [5.74, 6) is 0. The maximum absolute atomic E-state index is 10.4. The lowest BCUT2D eigenvalue weighted by Gasteiger charge is -1.98. The number of hydrogen-bond donors (Lipinski definition) is 0. The van der Waals surface area contributed by atoms with Crippen LogP contribution in [0.25, 0.3) is 6.08 Å². The van der Waals surface area contributed by atoms with Crippen molar-refractivity contribution in [3.8, 4) is 0 Å². The Morgan fingerprint density at radius 3 is 2.71 bits per heavy atom. The Hall–Kier alpha value is -1.71. The average molecular weight is 188 g/mol. The number of carbonyl (C=O) groups excluding carboxylic acids is 1. The highest BCUT2D eigenvalue weighted by molar-refractivity contribution is 6.04. The lowest BCUT2D eigenvalue weighted by molar-refractivity contribution is 0.113. The van der Waals surface area contributed by atoms with Crippen LogP contribution >= 0.6 is 0 Å². The van der Waals surface area contributed by atoms with Gasteiger partial charge in [-0.2, -0.15) is 0 Å². The van der Waals surface area contributed by atoms with E-state index < -0.39 is 6.16 Å². The fourth-order valence-corrected chi connectivity index (χ4v) is 0.899. The lowest BCUT2D eigenvalue weighted by atomic mass is 10.2. The molecule has 1 aromatic carbocycles. The molecule has 3 nitrogen and oxygen atoms in total. The highest BCUT2D eigenvalue weighted by Crippen LogP contribution is 2.00. The molecule has 0 atom stereocenters. The van der Waals surface area contributed by atoms with Gasteiger partial charge < -0.3 is 9.39 Å². The van der Waals surface area contributed by atoms with Gasteiger partial charge in [0.1, 0.15) is 6.61 Å². The highest BCUT2D eigenvalue weighted by Gasteiger charge is 1.94. The Balaban J connectivity index is 2.31. The van der Waals surface area contributed by atoms with Gasteiger partial charge in [0.15, 0.2) is 0 Å². The molecule has 0 aliphatic carbocycles. The zero-order valence-electron chi connectivity index (χ0n) is 7.55. The van der Waals surface area contributed by atoms with Gasteiger partial charge in [-0.15, -0.1) is 0 Å². The first-order chi connectivity index (χ1) is 6.83. The van der Waals surface area contributed by atoms with Crippen molar-refractivity contribution in [3.63, 3.8) is 0 Å². The van der Waals surface area contributed by atoms with Crippen LogP contribution in [0.2, 0.25) is 0 Å². The molecule has 0 unspecified atom stereocenters.